The van der Waals surface area contributed by atoms with E-state index in [0.29, 0.717) is 6.61 Å². The van der Waals surface area contributed by atoms with Gasteiger partial charge in [0, 0.05) is 0 Å². The Bertz CT molecular complexity index is 184. The van der Waals surface area contributed by atoms with Crippen molar-refractivity contribution < 1.29 is 9.84 Å². The monoisotopic (exact) mass is 168 g/mol. The molecule has 0 aliphatic carbocycles. The van der Waals surface area contributed by atoms with Gasteiger partial charge < -0.3 is 9.84 Å². The number of hydrogen-bond acceptors (Lipinski definition) is 2. The Morgan fingerprint density at radius 1 is 1.42 bits per heavy atom. The standard InChI is InChI=1S/C10H16O2/c1-4-5-8-12-10(3)7-6-9(2)11/h6-7,9-11H,8H2,1-3H3/b7-6-/t9-,10+/m1/s1. The second kappa shape index (κ2) is 6.90. The van der Waals surface area contributed by atoms with E-state index in [4.69, 9.17) is 9.84 Å². The molecule has 0 aliphatic rings. The summed E-state index contributed by atoms with van der Waals surface area (Å²) in [5.74, 6) is 5.54. The van der Waals surface area contributed by atoms with Crippen LogP contribution in [0.15, 0.2) is 12.2 Å². The maximum atomic E-state index is 8.90. The van der Waals surface area contributed by atoms with Crippen LogP contribution in [0.1, 0.15) is 20.8 Å². The molecular formula is C10H16O2. The van der Waals surface area contributed by atoms with E-state index in [9.17, 15) is 0 Å². The van der Waals surface area contributed by atoms with Crippen molar-refractivity contribution in [2.75, 3.05) is 6.61 Å². The Labute approximate surface area is 74.2 Å². The van der Waals surface area contributed by atoms with Crippen molar-refractivity contribution in [2.45, 2.75) is 33.0 Å². The van der Waals surface area contributed by atoms with Gasteiger partial charge in [-0.1, -0.05) is 18.1 Å². The van der Waals surface area contributed by atoms with Gasteiger partial charge in [0.2, 0.25) is 0 Å². The summed E-state index contributed by atoms with van der Waals surface area (Å²) in [6.45, 7) is 5.84. The van der Waals surface area contributed by atoms with Gasteiger partial charge in [0.1, 0.15) is 6.61 Å². The highest BCUT2D eigenvalue weighted by molar-refractivity contribution is 4.96. The Kier molecular flexibility index (Phi) is 6.45. The quantitative estimate of drug-likeness (QED) is 0.507. The molecule has 0 spiro atoms. The van der Waals surface area contributed by atoms with Crippen LogP contribution in [0.25, 0.3) is 0 Å². The maximum Gasteiger partial charge on any atom is 0.108 e. The number of hydrogen-bond donors (Lipinski definition) is 1. The molecule has 0 aromatic heterocycles. The fraction of sp³-hybridized carbons (Fsp3) is 0.600. The van der Waals surface area contributed by atoms with E-state index in [2.05, 4.69) is 11.8 Å². The average molecular weight is 168 g/mol. The number of aliphatic hydroxyl groups excluding tert-OH is 1. The molecule has 0 aromatic carbocycles. The topological polar surface area (TPSA) is 29.5 Å². The van der Waals surface area contributed by atoms with Crippen molar-refractivity contribution in [3.63, 3.8) is 0 Å². The molecule has 0 radical (unpaired) electrons. The molecule has 2 atom stereocenters. The molecule has 0 saturated heterocycles. The van der Waals surface area contributed by atoms with Gasteiger partial charge in [-0.2, -0.15) is 0 Å². The zero-order valence-electron chi connectivity index (χ0n) is 7.87. The third-order valence-electron chi connectivity index (χ3n) is 1.26. The highest BCUT2D eigenvalue weighted by Gasteiger charge is 1.94. The highest BCUT2D eigenvalue weighted by atomic mass is 16.5. The minimum atomic E-state index is -0.409. The smallest absolute Gasteiger partial charge is 0.108 e. The van der Waals surface area contributed by atoms with Gasteiger partial charge in [0.15, 0.2) is 0 Å². The summed E-state index contributed by atoms with van der Waals surface area (Å²) in [6.07, 6.45) is 3.13. The van der Waals surface area contributed by atoms with Gasteiger partial charge in [-0.25, -0.2) is 0 Å². The summed E-state index contributed by atoms with van der Waals surface area (Å²) >= 11 is 0. The van der Waals surface area contributed by atoms with Crippen molar-refractivity contribution in [1.82, 2.24) is 0 Å². The molecular weight excluding hydrogens is 152 g/mol. The van der Waals surface area contributed by atoms with E-state index < -0.39 is 6.10 Å². The van der Waals surface area contributed by atoms with Crippen LogP contribution in [-0.4, -0.2) is 23.9 Å². The van der Waals surface area contributed by atoms with Crippen LogP contribution in [0, 0.1) is 11.8 Å². The van der Waals surface area contributed by atoms with Crippen LogP contribution in [-0.2, 0) is 4.74 Å². The maximum absolute atomic E-state index is 8.90. The number of ether oxygens (including phenoxy) is 1. The number of rotatable bonds is 4. The molecule has 12 heavy (non-hydrogen) atoms. The minimum Gasteiger partial charge on any atom is -0.389 e. The normalized spacial score (nSPS) is 15.3. The van der Waals surface area contributed by atoms with Crippen LogP contribution in [0.5, 0.6) is 0 Å². The third-order valence-corrected chi connectivity index (χ3v) is 1.26. The predicted octanol–water partition coefficient (Wildman–Crippen LogP) is 1.35. The van der Waals surface area contributed by atoms with Crippen molar-refractivity contribution in [2.24, 2.45) is 0 Å². The first-order chi connectivity index (χ1) is 5.66. The zero-order valence-corrected chi connectivity index (χ0v) is 7.87. The highest BCUT2D eigenvalue weighted by Crippen LogP contribution is 1.93. The SMILES string of the molecule is CC#CCO[C@@H](C)/C=C\[C@@H](C)O. The second-order valence-corrected chi connectivity index (χ2v) is 2.57. The Balaban J connectivity index is 3.56. The van der Waals surface area contributed by atoms with Crippen molar-refractivity contribution in [1.29, 1.82) is 0 Å². The van der Waals surface area contributed by atoms with Crippen LogP contribution >= 0.6 is 0 Å². The molecule has 2 heteroatoms. The molecule has 0 amide bonds. The first-order valence-electron chi connectivity index (χ1n) is 4.04. The average Bonchev–Trinajstić information content (AvgIpc) is 2.01. The lowest BCUT2D eigenvalue weighted by Gasteiger charge is -2.04. The van der Waals surface area contributed by atoms with Crippen molar-refractivity contribution in [3.8, 4) is 11.8 Å². The summed E-state index contributed by atoms with van der Waals surface area (Å²) in [4.78, 5) is 0. The summed E-state index contributed by atoms with van der Waals surface area (Å²) in [5, 5.41) is 8.90. The Morgan fingerprint density at radius 3 is 2.58 bits per heavy atom. The first-order valence-corrected chi connectivity index (χ1v) is 4.04. The van der Waals surface area contributed by atoms with Crippen LogP contribution in [0.2, 0.25) is 0 Å². The lowest BCUT2D eigenvalue weighted by molar-refractivity contribution is 0.126. The molecule has 0 fully saturated rings. The summed E-state index contributed by atoms with van der Waals surface area (Å²) < 4.78 is 5.26. The summed E-state index contributed by atoms with van der Waals surface area (Å²) in [7, 11) is 0. The van der Waals surface area contributed by atoms with Crippen molar-refractivity contribution >= 4 is 0 Å². The molecule has 1 N–H and O–H groups in total. The molecule has 0 bridgehead atoms. The molecule has 0 saturated carbocycles. The molecule has 0 aromatic rings. The van der Waals surface area contributed by atoms with Gasteiger partial charge in [-0.15, -0.1) is 5.92 Å². The number of aliphatic hydroxyl groups is 1. The molecule has 0 heterocycles. The van der Waals surface area contributed by atoms with Gasteiger partial charge in [0.05, 0.1) is 12.2 Å². The van der Waals surface area contributed by atoms with Crippen LogP contribution < -0.4 is 0 Å². The van der Waals surface area contributed by atoms with E-state index in [1.54, 1.807) is 19.9 Å². The largest absolute Gasteiger partial charge is 0.389 e. The predicted molar refractivity (Wildman–Crippen MR) is 49.7 cm³/mol. The molecule has 0 unspecified atom stereocenters. The molecule has 0 rings (SSSR count). The lowest BCUT2D eigenvalue weighted by atomic mass is 10.3. The van der Waals surface area contributed by atoms with Gasteiger partial charge in [0.25, 0.3) is 0 Å². The van der Waals surface area contributed by atoms with Gasteiger partial charge in [-0.3, -0.25) is 0 Å². The van der Waals surface area contributed by atoms with E-state index in [-0.39, 0.29) is 6.10 Å². The summed E-state index contributed by atoms with van der Waals surface area (Å²) in [5.41, 5.74) is 0. The zero-order chi connectivity index (χ0) is 9.40. The van der Waals surface area contributed by atoms with E-state index in [0.717, 1.165) is 0 Å². The van der Waals surface area contributed by atoms with Gasteiger partial charge >= 0.3 is 0 Å². The third kappa shape index (κ3) is 7.33. The summed E-state index contributed by atoms with van der Waals surface area (Å²) in [6, 6.07) is 0. The van der Waals surface area contributed by atoms with Crippen molar-refractivity contribution in [3.05, 3.63) is 12.2 Å². The van der Waals surface area contributed by atoms with E-state index in [1.807, 2.05) is 13.0 Å². The Morgan fingerprint density at radius 2 is 2.08 bits per heavy atom. The van der Waals surface area contributed by atoms with Gasteiger partial charge in [-0.05, 0) is 20.8 Å². The molecule has 2 nitrogen and oxygen atoms in total. The Hall–Kier alpha value is -0.780. The second-order valence-electron chi connectivity index (χ2n) is 2.57. The van der Waals surface area contributed by atoms with E-state index >= 15 is 0 Å². The first kappa shape index (κ1) is 11.2. The van der Waals surface area contributed by atoms with E-state index in [1.165, 1.54) is 0 Å². The fourth-order valence-corrected chi connectivity index (χ4v) is 0.618. The fourth-order valence-electron chi connectivity index (χ4n) is 0.618. The minimum absolute atomic E-state index is 0.0143. The van der Waals surface area contributed by atoms with Crippen LogP contribution in [0.4, 0.5) is 0 Å². The lowest BCUT2D eigenvalue weighted by Crippen LogP contribution is -2.06. The molecule has 68 valence electrons. The van der Waals surface area contributed by atoms with Crippen LogP contribution in [0.3, 0.4) is 0 Å². The molecule has 0 aliphatic heterocycles.